The summed E-state index contributed by atoms with van der Waals surface area (Å²) in [6.45, 7) is 2.71. The van der Waals surface area contributed by atoms with Gasteiger partial charge in [0.1, 0.15) is 31.2 Å². The maximum atomic E-state index is 11.2. The predicted octanol–water partition coefficient (Wildman–Crippen LogP) is 2.34. The van der Waals surface area contributed by atoms with Crippen LogP contribution in [0, 0.1) is 5.41 Å². The average Bonchev–Trinajstić information content (AvgIpc) is 2.48. The van der Waals surface area contributed by atoms with Gasteiger partial charge in [-0.15, -0.1) is 0 Å². The van der Waals surface area contributed by atoms with Crippen molar-refractivity contribution in [1.29, 1.82) is 0 Å². The van der Waals surface area contributed by atoms with Crippen molar-refractivity contribution in [3.05, 3.63) is 40.8 Å². The zero-order valence-corrected chi connectivity index (χ0v) is 11.5. The molecular formula is C15H14O6. The summed E-state index contributed by atoms with van der Waals surface area (Å²) < 4.78 is 20.5. The molecule has 110 valence electrons. The molecule has 1 aliphatic heterocycles. The molecule has 3 rings (SSSR count). The molecule has 0 N–H and O–H groups in total. The van der Waals surface area contributed by atoms with Crippen molar-refractivity contribution in [2.24, 2.45) is 5.41 Å². The second-order valence-electron chi connectivity index (χ2n) is 5.38. The van der Waals surface area contributed by atoms with Crippen molar-refractivity contribution < 1.29 is 23.4 Å². The first kappa shape index (κ1) is 13.5. The maximum Gasteiger partial charge on any atom is 0.508 e. The molecule has 21 heavy (non-hydrogen) atoms. The summed E-state index contributed by atoms with van der Waals surface area (Å²) in [4.78, 5) is 22.1. The molecule has 0 aliphatic carbocycles. The van der Waals surface area contributed by atoms with E-state index in [1.165, 1.54) is 6.07 Å². The minimum atomic E-state index is -0.653. The first-order valence-electron chi connectivity index (χ1n) is 6.50. The third-order valence-electron chi connectivity index (χ3n) is 3.26. The lowest BCUT2D eigenvalue weighted by molar-refractivity contribution is -0.0675. The fourth-order valence-corrected chi connectivity index (χ4v) is 2.02. The molecule has 0 radical (unpaired) electrons. The Balaban J connectivity index is 1.73. The van der Waals surface area contributed by atoms with Gasteiger partial charge < -0.3 is 18.6 Å². The number of fused-ring (bicyclic) bond motifs is 1. The quantitative estimate of drug-likeness (QED) is 0.638. The van der Waals surface area contributed by atoms with E-state index < -0.39 is 17.2 Å². The number of hydrogen-bond donors (Lipinski definition) is 0. The number of cyclic esters (lactones) is 2. The summed E-state index contributed by atoms with van der Waals surface area (Å²) in [6, 6.07) is 8.34. The first-order valence-corrected chi connectivity index (χ1v) is 6.50. The van der Waals surface area contributed by atoms with Crippen LogP contribution in [0.3, 0.4) is 0 Å². The standard InChI is InChI=1S/C15H14O6/c1-15(8-19-14(17)20-9-15)7-18-11-4-2-10-3-5-13(16)21-12(10)6-11/h2-6H,7-9H2,1H3. The van der Waals surface area contributed by atoms with Gasteiger partial charge in [-0.25, -0.2) is 9.59 Å². The molecule has 0 amide bonds. The summed E-state index contributed by atoms with van der Waals surface area (Å²) in [5.74, 6) is 0.579. The van der Waals surface area contributed by atoms with Crippen LogP contribution in [0.15, 0.2) is 39.5 Å². The summed E-state index contributed by atoms with van der Waals surface area (Å²) in [6.07, 6.45) is -0.653. The number of rotatable bonds is 3. The molecule has 0 bridgehead atoms. The topological polar surface area (TPSA) is 75.0 Å². The van der Waals surface area contributed by atoms with E-state index in [-0.39, 0.29) is 13.2 Å². The van der Waals surface area contributed by atoms with Gasteiger partial charge in [0.25, 0.3) is 0 Å². The molecule has 1 aromatic heterocycles. The molecule has 0 atom stereocenters. The van der Waals surface area contributed by atoms with E-state index in [4.69, 9.17) is 18.6 Å². The lowest BCUT2D eigenvalue weighted by Crippen LogP contribution is -2.41. The molecular weight excluding hydrogens is 276 g/mol. The smallest absolute Gasteiger partial charge is 0.493 e. The van der Waals surface area contributed by atoms with Gasteiger partial charge in [0.15, 0.2) is 0 Å². The van der Waals surface area contributed by atoms with Crippen molar-refractivity contribution in [1.82, 2.24) is 0 Å². The number of ether oxygens (including phenoxy) is 3. The average molecular weight is 290 g/mol. The molecule has 1 aliphatic rings. The highest BCUT2D eigenvalue weighted by molar-refractivity contribution is 5.77. The molecule has 1 fully saturated rings. The second kappa shape index (κ2) is 5.12. The summed E-state index contributed by atoms with van der Waals surface area (Å²) >= 11 is 0. The monoisotopic (exact) mass is 290 g/mol. The van der Waals surface area contributed by atoms with Gasteiger partial charge in [0, 0.05) is 17.5 Å². The summed E-state index contributed by atoms with van der Waals surface area (Å²) in [5.41, 5.74) is -0.337. The van der Waals surface area contributed by atoms with Gasteiger partial charge in [0.2, 0.25) is 0 Å². The highest BCUT2D eigenvalue weighted by Gasteiger charge is 2.34. The zero-order valence-electron chi connectivity index (χ0n) is 11.5. The Morgan fingerprint density at radius 2 is 1.86 bits per heavy atom. The largest absolute Gasteiger partial charge is 0.508 e. The molecule has 2 heterocycles. The molecule has 0 saturated carbocycles. The summed E-state index contributed by atoms with van der Waals surface area (Å²) in [7, 11) is 0. The van der Waals surface area contributed by atoms with Crippen LogP contribution in [0.2, 0.25) is 0 Å². The van der Waals surface area contributed by atoms with Crippen LogP contribution < -0.4 is 10.4 Å². The normalized spacial score (nSPS) is 17.1. The molecule has 1 aromatic carbocycles. The van der Waals surface area contributed by atoms with E-state index in [0.29, 0.717) is 17.9 Å². The van der Waals surface area contributed by atoms with Crippen LogP contribution in [0.1, 0.15) is 6.92 Å². The van der Waals surface area contributed by atoms with Crippen molar-refractivity contribution in [3.8, 4) is 5.75 Å². The molecule has 0 unspecified atom stereocenters. The van der Waals surface area contributed by atoms with Crippen molar-refractivity contribution >= 4 is 17.1 Å². The van der Waals surface area contributed by atoms with Crippen molar-refractivity contribution in [2.45, 2.75) is 6.92 Å². The van der Waals surface area contributed by atoms with E-state index >= 15 is 0 Å². The third-order valence-corrected chi connectivity index (χ3v) is 3.26. The van der Waals surface area contributed by atoms with Gasteiger partial charge in [-0.3, -0.25) is 0 Å². The minimum Gasteiger partial charge on any atom is -0.493 e. The second-order valence-corrected chi connectivity index (χ2v) is 5.38. The molecule has 0 spiro atoms. The number of hydrogen-bond acceptors (Lipinski definition) is 6. The maximum absolute atomic E-state index is 11.2. The Morgan fingerprint density at radius 3 is 2.62 bits per heavy atom. The zero-order chi connectivity index (χ0) is 14.9. The minimum absolute atomic E-state index is 0.245. The fourth-order valence-electron chi connectivity index (χ4n) is 2.02. The van der Waals surface area contributed by atoms with Gasteiger partial charge in [-0.2, -0.15) is 0 Å². The van der Waals surface area contributed by atoms with E-state index in [9.17, 15) is 9.59 Å². The number of carbonyl (C=O) groups excluding carboxylic acids is 1. The molecule has 6 nitrogen and oxygen atoms in total. The van der Waals surface area contributed by atoms with Crippen molar-refractivity contribution in [3.63, 3.8) is 0 Å². The highest BCUT2D eigenvalue weighted by atomic mass is 16.7. The third kappa shape index (κ3) is 2.99. The lowest BCUT2D eigenvalue weighted by Gasteiger charge is -2.31. The Bertz CT molecular complexity index is 722. The Kier molecular flexibility index (Phi) is 3.29. The first-order chi connectivity index (χ1) is 10.0. The SMILES string of the molecule is CC1(COc2ccc3ccc(=O)oc3c2)COC(=O)OC1. The molecule has 1 saturated heterocycles. The van der Waals surface area contributed by atoms with Crippen LogP contribution in [0.4, 0.5) is 4.79 Å². The highest BCUT2D eigenvalue weighted by Crippen LogP contribution is 2.25. The van der Waals surface area contributed by atoms with E-state index in [1.807, 2.05) is 13.0 Å². The van der Waals surface area contributed by atoms with Gasteiger partial charge in [-0.05, 0) is 25.1 Å². The summed E-state index contributed by atoms with van der Waals surface area (Å²) in [5, 5.41) is 0.822. The van der Waals surface area contributed by atoms with E-state index in [0.717, 1.165) is 5.39 Å². The Hall–Kier alpha value is -2.50. The van der Waals surface area contributed by atoms with Crippen LogP contribution in [-0.2, 0) is 9.47 Å². The number of carbonyl (C=O) groups is 1. The van der Waals surface area contributed by atoms with Crippen LogP contribution in [0.25, 0.3) is 11.0 Å². The van der Waals surface area contributed by atoms with Gasteiger partial charge in [-0.1, -0.05) is 0 Å². The Morgan fingerprint density at radius 1 is 1.14 bits per heavy atom. The van der Waals surface area contributed by atoms with Gasteiger partial charge >= 0.3 is 11.8 Å². The molecule has 6 heteroatoms. The van der Waals surface area contributed by atoms with E-state index in [1.54, 1.807) is 18.2 Å². The van der Waals surface area contributed by atoms with Crippen LogP contribution in [0.5, 0.6) is 5.75 Å². The lowest BCUT2D eigenvalue weighted by atomic mass is 9.94. The fraction of sp³-hybridized carbons (Fsp3) is 0.333. The van der Waals surface area contributed by atoms with Gasteiger partial charge in [0.05, 0.1) is 5.41 Å². The predicted molar refractivity (Wildman–Crippen MR) is 73.4 cm³/mol. The van der Waals surface area contributed by atoms with E-state index in [2.05, 4.69) is 0 Å². The number of benzene rings is 1. The molecule has 2 aromatic rings. The Labute approximate surface area is 120 Å². The van der Waals surface area contributed by atoms with Crippen LogP contribution >= 0.6 is 0 Å². The van der Waals surface area contributed by atoms with Crippen molar-refractivity contribution in [2.75, 3.05) is 19.8 Å². The van der Waals surface area contributed by atoms with Crippen LogP contribution in [-0.4, -0.2) is 26.0 Å².